The molecule has 1 amide bonds. The van der Waals surface area contributed by atoms with Gasteiger partial charge in [0.2, 0.25) is 0 Å². The van der Waals surface area contributed by atoms with Crippen LogP contribution in [0.2, 0.25) is 0 Å². The van der Waals surface area contributed by atoms with Gasteiger partial charge >= 0.3 is 5.97 Å². The lowest BCUT2D eigenvalue weighted by atomic mass is 10.1. The van der Waals surface area contributed by atoms with E-state index in [9.17, 15) is 9.59 Å². The van der Waals surface area contributed by atoms with E-state index in [0.717, 1.165) is 6.42 Å². The van der Waals surface area contributed by atoms with Gasteiger partial charge in [-0.3, -0.25) is 9.59 Å². The smallest absolute Gasteiger partial charge is 0.310 e. The molecule has 106 valence electrons. The first kappa shape index (κ1) is 15.3. The van der Waals surface area contributed by atoms with Crippen LogP contribution >= 0.6 is 0 Å². The maximum absolute atomic E-state index is 12.3. The zero-order valence-corrected chi connectivity index (χ0v) is 11.9. The Balaban J connectivity index is 2.83. The zero-order chi connectivity index (χ0) is 14.4. The maximum atomic E-state index is 12.3. The standard InChI is InChI=1S/C14H21NO4/c1-5-11(3)15(9-10(2)14(17)18-4)13(16)12-7-6-8-19-12/h6-8,10-11H,5,9H2,1-4H3. The largest absolute Gasteiger partial charge is 0.469 e. The third-order valence-electron chi connectivity index (χ3n) is 3.19. The molecule has 0 aliphatic rings. The Morgan fingerprint density at radius 3 is 2.58 bits per heavy atom. The lowest BCUT2D eigenvalue weighted by molar-refractivity contribution is -0.145. The van der Waals surface area contributed by atoms with E-state index in [1.807, 2.05) is 13.8 Å². The number of ether oxygens (including phenoxy) is 1. The van der Waals surface area contributed by atoms with Crippen LogP contribution in [0.25, 0.3) is 0 Å². The summed E-state index contributed by atoms with van der Waals surface area (Å²) in [5.74, 6) is -0.592. The molecule has 1 rings (SSSR count). The lowest BCUT2D eigenvalue weighted by Gasteiger charge is -2.29. The SMILES string of the molecule is CCC(C)N(CC(C)C(=O)OC)C(=O)c1ccco1. The molecule has 0 bridgehead atoms. The topological polar surface area (TPSA) is 59.8 Å². The van der Waals surface area contributed by atoms with E-state index < -0.39 is 0 Å². The van der Waals surface area contributed by atoms with Crippen LogP contribution in [0.3, 0.4) is 0 Å². The fraction of sp³-hybridized carbons (Fsp3) is 0.571. The molecular formula is C14H21NO4. The van der Waals surface area contributed by atoms with Gasteiger partial charge < -0.3 is 14.1 Å². The molecule has 2 atom stereocenters. The molecule has 5 nitrogen and oxygen atoms in total. The molecule has 1 aromatic heterocycles. The second-order valence-corrected chi connectivity index (χ2v) is 4.62. The maximum Gasteiger partial charge on any atom is 0.310 e. The van der Waals surface area contributed by atoms with Crippen LogP contribution in [0.15, 0.2) is 22.8 Å². The molecular weight excluding hydrogens is 246 g/mol. The van der Waals surface area contributed by atoms with Gasteiger partial charge in [-0.05, 0) is 25.5 Å². The average molecular weight is 267 g/mol. The van der Waals surface area contributed by atoms with E-state index in [2.05, 4.69) is 0 Å². The van der Waals surface area contributed by atoms with Crippen molar-refractivity contribution in [3.05, 3.63) is 24.2 Å². The molecule has 0 radical (unpaired) electrons. The Morgan fingerprint density at radius 2 is 2.11 bits per heavy atom. The zero-order valence-electron chi connectivity index (χ0n) is 11.9. The van der Waals surface area contributed by atoms with Gasteiger partial charge in [0, 0.05) is 12.6 Å². The second-order valence-electron chi connectivity index (χ2n) is 4.62. The molecule has 0 saturated carbocycles. The van der Waals surface area contributed by atoms with Crippen molar-refractivity contribution in [1.29, 1.82) is 0 Å². The molecule has 0 N–H and O–H groups in total. The third-order valence-corrected chi connectivity index (χ3v) is 3.19. The number of carbonyl (C=O) groups is 2. The summed E-state index contributed by atoms with van der Waals surface area (Å²) in [7, 11) is 1.35. The fourth-order valence-electron chi connectivity index (χ4n) is 1.80. The number of furan rings is 1. The molecule has 0 spiro atoms. The quantitative estimate of drug-likeness (QED) is 0.742. The number of hydrogen-bond acceptors (Lipinski definition) is 4. The molecule has 0 fully saturated rings. The van der Waals surface area contributed by atoms with Gasteiger partial charge in [-0.1, -0.05) is 13.8 Å². The molecule has 1 aromatic rings. The first-order chi connectivity index (χ1) is 9.01. The summed E-state index contributed by atoms with van der Waals surface area (Å²) in [5.41, 5.74) is 0. The normalized spacial score (nSPS) is 13.7. The third kappa shape index (κ3) is 3.84. The Morgan fingerprint density at radius 1 is 1.42 bits per heavy atom. The van der Waals surface area contributed by atoms with Crippen LogP contribution in [0.5, 0.6) is 0 Å². The number of amides is 1. The van der Waals surface area contributed by atoms with Gasteiger partial charge in [0.25, 0.3) is 5.91 Å². The fourth-order valence-corrected chi connectivity index (χ4v) is 1.80. The van der Waals surface area contributed by atoms with Gasteiger partial charge in [0.05, 0.1) is 19.3 Å². The van der Waals surface area contributed by atoms with Crippen molar-refractivity contribution >= 4 is 11.9 Å². The van der Waals surface area contributed by atoms with E-state index in [0.29, 0.717) is 6.54 Å². The van der Waals surface area contributed by atoms with Crippen molar-refractivity contribution in [1.82, 2.24) is 4.90 Å². The molecule has 19 heavy (non-hydrogen) atoms. The Kier molecular flexibility index (Phi) is 5.60. The minimum absolute atomic E-state index is 0.0321. The molecule has 0 aromatic carbocycles. The predicted molar refractivity (Wildman–Crippen MR) is 70.7 cm³/mol. The van der Waals surface area contributed by atoms with Crippen LogP contribution in [0.4, 0.5) is 0 Å². The number of esters is 1. The molecule has 1 heterocycles. The van der Waals surface area contributed by atoms with Crippen LogP contribution in [-0.4, -0.2) is 36.5 Å². The molecule has 0 saturated heterocycles. The van der Waals surface area contributed by atoms with Gasteiger partial charge in [-0.2, -0.15) is 0 Å². The summed E-state index contributed by atoms with van der Waals surface area (Å²) in [5, 5.41) is 0. The van der Waals surface area contributed by atoms with Crippen LogP contribution in [0, 0.1) is 5.92 Å². The van der Waals surface area contributed by atoms with Crippen molar-refractivity contribution in [3.8, 4) is 0 Å². The number of methoxy groups -OCH3 is 1. The first-order valence-corrected chi connectivity index (χ1v) is 6.43. The van der Waals surface area contributed by atoms with E-state index in [-0.39, 0.29) is 29.6 Å². The molecule has 2 unspecified atom stereocenters. The van der Waals surface area contributed by atoms with Crippen molar-refractivity contribution in [2.45, 2.75) is 33.2 Å². The minimum Gasteiger partial charge on any atom is -0.469 e. The van der Waals surface area contributed by atoms with Crippen molar-refractivity contribution in [3.63, 3.8) is 0 Å². The Bertz CT molecular complexity index is 413. The Hall–Kier alpha value is -1.78. The number of rotatable bonds is 6. The van der Waals surface area contributed by atoms with Gasteiger partial charge in [0.1, 0.15) is 0 Å². The number of hydrogen-bond donors (Lipinski definition) is 0. The highest BCUT2D eigenvalue weighted by atomic mass is 16.5. The highest BCUT2D eigenvalue weighted by Gasteiger charge is 2.26. The van der Waals surface area contributed by atoms with Crippen molar-refractivity contribution < 1.29 is 18.7 Å². The highest BCUT2D eigenvalue weighted by Crippen LogP contribution is 2.14. The summed E-state index contributed by atoms with van der Waals surface area (Å²) in [6.45, 7) is 6.01. The van der Waals surface area contributed by atoms with Crippen LogP contribution in [-0.2, 0) is 9.53 Å². The lowest BCUT2D eigenvalue weighted by Crippen LogP contribution is -2.42. The van der Waals surface area contributed by atoms with Gasteiger partial charge in [0.15, 0.2) is 5.76 Å². The average Bonchev–Trinajstić information content (AvgIpc) is 2.95. The summed E-state index contributed by atoms with van der Waals surface area (Å²) in [6, 6.07) is 3.33. The summed E-state index contributed by atoms with van der Waals surface area (Å²) >= 11 is 0. The second kappa shape index (κ2) is 6.97. The molecule has 0 aliphatic heterocycles. The van der Waals surface area contributed by atoms with E-state index in [4.69, 9.17) is 9.15 Å². The van der Waals surface area contributed by atoms with E-state index >= 15 is 0 Å². The predicted octanol–water partition coefficient (Wildman–Crippen LogP) is 2.33. The van der Waals surface area contributed by atoms with E-state index in [1.165, 1.54) is 13.4 Å². The van der Waals surface area contributed by atoms with Crippen molar-refractivity contribution in [2.24, 2.45) is 5.92 Å². The van der Waals surface area contributed by atoms with Gasteiger partial charge in [-0.15, -0.1) is 0 Å². The first-order valence-electron chi connectivity index (χ1n) is 6.43. The number of nitrogens with zero attached hydrogens (tertiary/aromatic N) is 1. The molecule has 0 aliphatic carbocycles. The Labute approximate surface area is 113 Å². The minimum atomic E-state index is -0.363. The van der Waals surface area contributed by atoms with E-state index in [1.54, 1.807) is 24.0 Å². The molecule has 5 heteroatoms. The summed E-state index contributed by atoms with van der Waals surface area (Å²) < 4.78 is 9.83. The monoisotopic (exact) mass is 267 g/mol. The van der Waals surface area contributed by atoms with Crippen molar-refractivity contribution in [2.75, 3.05) is 13.7 Å². The van der Waals surface area contributed by atoms with Crippen LogP contribution in [0.1, 0.15) is 37.7 Å². The number of carbonyl (C=O) groups excluding carboxylic acids is 2. The van der Waals surface area contributed by atoms with Gasteiger partial charge in [-0.25, -0.2) is 0 Å². The highest BCUT2D eigenvalue weighted by molar-refractivity contribution is 5.92. The summed E-state index contributed by atoms with van der Waals surface area (Å²) in [4.78, 5) is 25.5. The van der Waals surface area contributed by atoms with Crippen LogP contribution < -0.4 is 0 Å². The summed E-state index contributed by atoms with van der Waals surface area (Å²) in [6.07, 6.45) is 2.27.